The van der Waals surface area contributed by atoms with Crippen LogP contribution in [0.3, 0.4) is 0 Å². The van der Waals surface area contributed by atoms with Crippen molar-refractivity contribution in [2.45, 2.75) is 0 Å². The van der Waals surface area contributed by atoms with Gasteiger partial charge < -0.3 is 29.6 Å². The molecule has 0 saturated heterocycles. The molecule has 0 aliphatic carbocycles. The predicted molar refractivity (Wildman–Crippen MR) is 0 cm³/mol. The molecule has 0 N–H and O–H groups in total. The molecule has 0 unspecified atom stereocenters. The van der Waals surface area contributed by atoms with Crippen LogP contribution in [0, 0.1) is 14.8 Å². The van der Waals surface area contributed by atoms with E-state index in [-0.39, 0.29) is 17.0 Å². The van der Waals surface area contributed by atoms with E-state index >= 15 is 0 Å². The molecule has 0 amide bonds. The van der Waals surface area contributed by atoms with Gasteiger partial charge in [0.15, 0.2) is 0 Å². The van der Waals surface area contributed by atoms with Crippen molar-refractivity contribution in [1.29, 1.82) is 0 Å². The maximum atomic E-state index is 8.52. The summed E-state index contributed by atoms with van der Waals surface area (Å²) in [5.74, 6) is 0. The number of rotatable bonds is 0. The Hall–Kier alpha value is 0.840. The van der Waals surface area contributed by atoms with Crippen molar-refractivity contribution >= 4 is 0 Å². The molecule has 5 heavy (non-hydrogen) atoms. The molecule has 0 aliphatic heterocycles. The summed E-state index contributed by atoms with van der Waals surface area (Å²) in [6.45, 7) is 0. The van der Waals surface area contributed by atoms with Crippen LogP contribution in [0.15, 0.2) is 0 Å². The highest BCUT2D eigenvalue weighted by Gasteiger charge is 1.67. The predicted octanol–water partition coefficient (Wildman–Crippen LogP) is -6.56. The maximum absolute atomic E-state index is 8.52. The highest BCUT2D eigenvalue weighted by molar-refractivity contribution is 1.73. The Balaban J connectivity index is 0. The largest absolute Gasteiger partial charge is 1.00 e. The lowest BCUT2D eigenvalue weighted by Gasteiger charge is -1.85. The zero-order valence-corrected chi connectivity index (χ0v) is 5.15. The third kappa shape index (κ3) is 55.3. The molecule has 0 heterocycles. The summed E-state index contributed by atoms with van der Waals surface area (Å²) in [6, 6.07) is 0. The molecule has 0 aromatic rings. The molecule has 3 nitrogen and oxygen atoms in total. The molecule has 34 valence electrons. The minimum Gasteiger partial charge on any atom is -1.00 e. The van der Waals surface area contributed by atoms with Crippen LogP contribution in [-0.4, -0.2) is 0 Å². The lowest BCUT2D eigenvalue weighted by atomic mass is 16.0. The molecular weight excluding hydrogens is 208 g/mol. The second-order valence-electron chi connectivity index (χ2n) is 0.189. The fourth-order valence-corrected chi connectivity index (χ4v) is 0. The summed E-state index contributed by atoms with van der Waals surface area (Å²) >= 11 is -3.65. The SMILES string of the molecule is [Br-].[O-][Br+2]([O-])[O-]. The van der Waals surface area contributed by atoms with Gasteiger partial charge in [-0.25, -0.2) is 0 Å². The van der Waals surface area contributed by atoms with Crippen molar-refractivity contribution in [3.8, 4) is 0 Å². The summed E-state index contributed by atoms with van der Waals surface area (Å²) in [4.78, 5) is 0. The van der Waals surface area contributed by atoms with Crippen LogP contribution in [0.1, 0.15) is 0 Å². The van der Waals surface area contributed by atoms with Crippen molar-refractivity contribution in [2.24, 2.45) is 0 Å². The molecule has 0 aromatic carbocycles. The van der Waals surface area contributed by atoms with E-state index in [4.69, 9.17) is 12.6 Å². The molecular formula is Br2O3-2. The van der Waals surface area contributed by atoms with E-state index in [0.717, 1.165) is 0 Å². The van der Waals surface area contributed by atoms with Crippen molar-refractivity contribution in [2.75, 3.05) is 0 Å². The summed E-state index contributed by atoms with van der Waals surface area (Å²) in [7, 11) is 0. The van der Waals surface area contributed by atoms with Crippen LogP contribution in [0.4, 0.5) is 0 Å². The molecule has 0 saturated carbocycles. The van der Waals surface area contributed by atoms with Crippen LogP contribution < -0.4 is 29.6 Å². The monoisotopic (exact) mass is 206 g/mol. The summed E-state index contributed by atoms with van der Waals surface area (Å²) in [5.41, 5.74) is 0. The van der Waals surface area contributed by atoms with Gasteiger partial charge in [0, 0.05) is 0 Å². The van der Waals surface area contributed by atoms with Crippen molar-refractivity contribution in [3.63, 3.8) is 0 Å². The Labute approximate surface area is 44.8 Å². The Morgan fingerprint density at radius 1 is 1.00 bits per heavy atom. The average molecular weight is 208 g/mol. The van der Waals surface area contributed by atoms with Gasteiger partial charge in [-0.1, -0.05) is 0 Å². The van der Waals surface area contributed by atoms with E-state index in [1.807, 2.05) is 0 Å². The van der Waals surface area contributed by atoms with Gasteiger partial charge in [0.1, 0.15) is 0 Å². The summed E-state index contributed by atoms with van der Waals surface area (Å²) < 4.78 is 25.6. The van der Waals surface area contributed by atoms with E-state index in [2.05, 4.69) is 0 Å². The number of halogens is 2. The van der Waals surface area contributed by atoms with Crippen molar-refractivity contribution in [3.05, 3.63) is 0 Å². The molecule has 0 bridgehead atoms. The smallest absolute Gasteiger partial charge is 0.216 e. The van der Waals surface area contributed by atoms with Crippen LogP contribution in [-0.2, 0) is 0 Å². The van der Waals surface area contributed by atoms with E-state index in [1.54, 1.807) is 0 Å². The first kappa shape index (κ1) is 9.28. The van der Waals surface area contributed by atoms with Gasteiger partial charge in [0.05, 0.1) is 0 Å². The fraction of sp³-hybridized carbons (Fsp3) is 0. The number of hydrogen-bond donors (Lipinski definition) is 0. The molecule has 0 spiro atoms. The Morgan fingerprint density at radius 2 is 1.00 bits per heavy atom. The fourth-order valence-electron chi connectivity index (χ4n) is 0. The maximum Gasteiger partial charge on any atom is 0.216 e. The second-order valence-corrected chi connectivity index (χ2v) is 0.982. The van der Waals surface area contributed by atoms with Gasteiger partial charge in [-0.05, 0) is 0 Å². The number of hydrogen-bond acceptors (Lipinski definition) is 3. The van der Waals surface area contributed by atoms with Crippen LogP contribution >= 0.6 is 0 Å². The van der Waals surface area contributed by atoms with Crippen molar-refractivity contribution < 1.29 is 44.4 Å². The van der Waals surface area contributed by atoms with Gasteiger partial charge in [-0.15, -0.1) is 0 Å². The minimum atomic E-state index is -3.65. The normalized spacial score (nSPS) is 7.20. The molecule has 0 aromatic heterocycles. The Bertz CT molecular complexity index is 9.61. The summed E-state index contributed by atoms with van der Waals surface area (Å²) in [6.07, 6.45) is 0. The zero-order valence-electron chi connectivity index (χ0n) is 1.98. The molecule has 0 fully saturated rings. The first-order valence-electron chi connectivity index (χ1n) is 0.463. The highest BCUT2D eigenvalue weighted by atomic mass is 80.0. The third-order valence-corrected chi connectivity index (χ3v) is 0. The molecule has 5 heteroatoms. The van der Waals surface area contributed by atoms with Gasteiger partial charge >= 0.3 is 0 Å². The van der Waals surface area contributed by atoms with Gasteiger partial charge in [-0.2, -0.15) is 0 Å². The lowest BCUT2D eigenvalue weighted by molar-refractivity contribution is -1.73. The third-order valence-electron chi connectivity index (χ3n) is 0. The quantitative estimate of drug-likeness (QED) is 0.397. The first-order valence-corrected chi connectivity index (χ1v) is 2.41. The standard InChI is InChI=1S/BrO3.BrH/c2-1(3)4;/h;1H/q-1;/p-1. The van der Waals surface area contributed by atoms with Gasteiger partial charge in [0.25, 0.3) is 0 Å². The van der Waals surface area contributed by atoms with Crippen LogP contribution in [0.2, 0.25) is 0 Å². The van der Waals surface area contributed by atoms with Crippen molar-refractivity contribution in [1.82, 2.24) is 0 Å². The molecule has 0 atom stereocenters. The topological polar surface area (TPSA) is 69.2 Å². The lowest BCUT2D eigenvalue weighted by Crippen LogP contribution is -3.00. The van der Waals surface area contributed by atoms with E-state index in [0.29, 0.717) is 0 Å². The van der Waals surface area contributed by atoms with Crippen LogP contribution in [0.25, 0.3) is 0 Å². The van der Waals surface area contributed by atoms with Crippen LogP contribution in [0.5, 0.6) is 0 Å². The highest BCUT2D eigenvalue weighted by Crippen LogP contribution is 1.24. The average Bonchev–Trinajstić information content (AvgIpc) is 0.811. The van der Waals surface area contributed by atoms with E-state index in [9.17, 15) is 0 Å². The molecule has 0 aliphatic rings. The first-order chi connectivity index (χ1) is 1.73. The minimum absolute atomic E-state index is 0. The molecule has 0 rings (SSSR count). The zero-order chi connectivity index (χ0) is 3.58. The second kappa shape index (κ2) is 4.84. The molecule has 0 radical (unpaired) electrons. The van der Waals surface area contributed by atoms with Gasteiger partial charge in [-0.3, -0.25) is 0 Å². The van der Waals surface area contributed by atoms with E-state index < -0.39 is 14.8 Å². The van der Waals surface area contributed by atoms with E-state index in [1.165, 1.54) is 0 Å². The van der Waals surface area contributed by atoms with Gasteiger partial charge in [0.2, 0.25) is 14.8 Å². The summed E-state index contributed by atoms with van der Waals surface area (Å²) in [5, 5.41) is 0. The Kier molecular flexibility index (Phi) is 8.98. The Morgan fingerprint density at radius 3 is 1.00 bits per heavy atom.